The van der Waals surface area contributed by atoms with Gasteiger partial charge in [0.15, 0.2) is 10.6 Å². The number of carbonyl (C=O) groups is 1. The molecule has 0 aliphatic rings. The minimum Gasteiger partial charge on any atom is -0.465 e. The molecule has 0 saturated heterocycles. The largest absolute Gasteiger partial charge is 0.465 e. The molecule has 2 heterocycles. The Balaban J connectivity index is 1.74. The van der Waals surface area contributed by atoms with Crippen molar-refractivity contribution in [2.45, 2.75) is 4.21 Å². The molecule has 1 N–H and O–H groups in total. The topological polar surface area (TPSA) is 81.7 Å². The Hall–Kier alpha value is -1.78. The molecule has 0 saturated carbocycles. The second-order valence-corrected chi connectivity index (χ2v) is 9.91. The summed E-state index contributed by atoms with van der Waals surface area (Å²) in [5.41, 5.74) is 0.335. The van der Waals surface area contributed by atoms with Crippen molar-refractivity contribution >= 4 is 67.6 Å². The molecular formula is C16H11Cl2NO5S3. The maximum atomic E-state index is 12.4. The van der Waals surface area contributed by atoms with Crippen molar-refractivity contribution in [2.75, 3.05) is 11.8 Å². The molecule has 0 aliphatic heterocycles. The zero-order valence-corrected chi connectivity index (χ0v) is 17.5. The average molecular weight is 464 g/mol. The molecule has 6 nitrogen and oxygen atoms in total. The minimum atomic E-state index is -3.80. The molecule has 0 bridgehead atoms. The third-order valence-electron chi connectivity index (χ3n) is 3.22. The number of hydrogen-bond acceptors (Lipinski definition) is 7. The van der Waals surface area contributed by atoms with E-state index in [0.717, 1.165) is 11.3 Å². The number of anilines is 1. The molecule has 27 heavy (non-hydrogen) atoms. The van der Waals surface area contributed by atoms with E-state index >= 15 is 0 Å². The van der Waals surface area contributed by atoms with E-state index in [1.165, 1.54) is 36.6 Å². The first-order valence-corrected chi connectivity index (χ1v) is 11.1. The minimum absolute atomic E-state index is 0.0128. The van der Waals surface area contributed by atoms with Gasteiger partial charge in [-0.25, -0.2) is 13.2 Å². The van der Waals surface area contributed by atoms with Crippen molar-refractivity contribution in [3.05, 3.63) is 56.0 Å². The number of methoxy groups -OCH3 is 1. The first kappa shape index (κ1) is 20.0. The first-order chi connectivity index (χ1) is 12.8. The van der Waals surface area contributed by atoms with Crippen LogP contribution in [0.3, 0.4) is 0 Å². The van der Waals surface area contributed by atoms with Crippen molar-refractivity contribution in [1.82, 2.24) is 0 Å². The maximum absolute atomic E-state index is 12.4. The lowest BCUT2D eigenvalue weighted by Crippen LogP contribution is -2.11. The van der Waals surface area contributed by atoms with E-state index in [1.54, 1.807) is 23.6 Å². The Kier molecular flexibility index (Phi) is 5.97. The van der Waals surface area contributed by atoms with E-state index in [2.05, 4.69) is 4.72 Å². The molecule has 1 aromatic carbocycles. The van der Waals surface area contributed by atoms with Gasteiger partial charge in [-0.05, 0) is 41.8 Å². The fourth-order valence-electron chi connectivity index (χ4n) is 2.00. The van der Waals surface area contributed by atoms with Crippen LogP contribution in [0, 0.1) is 0 Å². The average Bonchev–Trinajstić information content (AvgIpc) is 3.23. The summed E-state index contributed by atoms with van der Waals surface area (Å²) in [7, 11) is -2.51. The number of nitrogens with one attached hydrogen (secondary N) is 1. The predicted molar refractivity (Wildman–Crippen MR) is 107 cm³/mol. The van der Waals surface area contributed by atoms with Crippen molar-refractivity contribution in [2.24, 2.45) is 0 Å². The second-order valence-electron chi connectivity index (χ2n) is 5.02. The zero-order chi connectivity index (χ0) is 19.6. The van der Waals surface area contributed by atoms with Crippen LogP contribution in [0.15, 0.2) is 46.0 Å². The predicted octanol–water partition coefficient (Wildman–Crippen LogP) is 5.50. The lowest BCUT2D eigenvalue weighted by Gasteiger charge is -2.09. The number of sulfonamides is 1. The molecule has 142 valence electrons. The van der Waals surface area contributed by atoms with Crippen LogP contribution in [0.2, 0.25) is 9.36 Å². The molecule has 3 rings (SSSR count). The van der Waals surface area contributed by atoms with Crippen LogP contribution in [0.4, 0.5) is 5.69 Å². The number of thiophene rings is 2. The Bertz CT molecular complexity index is 1050. The highest BCUT2D eigenvalue weighted by atomic mass is 35.5. The number of benzene rings is 1. The molecule has 0 unspecified atom stereocenters. The van der Waals surface area contributed by atoms with E-state index in [-0.39, 0.29) is 13.6 Å². The summed E-state index contributed by atoms with van der Waals surface area (Å²) < 4.78 is 37.7. The van der Waals surface area contributed by atoms with E-state index in [9.17, 15) is 13.2 Å². The fraction of sp³-hybridized carbons (Fsp3) is 0.0625. The Morgan fingerprint density at radius 3 is 2.44 bits per heavy atom. The molecule has 11 heteroatoms. The van der Waals surface area contributed by atoms with Crippen LogP contribution < -0.4 is 9.46 Å². The van der Waals surface area contributed by atoms with Gasteiger partial charge in [0.2, 0.25) is 0 Å². The van der Waals surface area contributed by atoms with E-state index in [0.29, 0.717) is 22.1 Å². The van der Waals surface area contributed by atoms with Gasteiger partial charge in [-0.15, -0.1) is 22.7 Å². The van der Waals surface area contributed by atoms with E-state index < -0.39 is 16.0 Å². The summed E-state index contributed by atoms with van der Waals surface area (Å²) in [4.78, 5) is 12.0. The van der Waals surface area contributed by atoms with Crippen molar-refractivity contribution in [1.29, 1.82) is 0 Å². The summed E-state index contributed by atoms with van der Waals surface area (Å²) >= 11 is 13.7. The van der Waals surface area contributed by atoms with Crippen LogP contribution in [0.25, 0.3) is 0 Å². The van der Waals surface area contributed by atoms with Gasteiger partial charge < -0.3 is 9.47 Å². The highest BCUT2D eigenvalue weighted by molar-refractivity contribution is 7.94. The molecule has 0 amide bonds. The molecule has 0 fully saturated rings. The van der Waals surface area contributed by atoms with Gasteiger partial charge >= 0.3 is 5.97 Å². The van der Waals surface area contributed by atoms with E-state index in [4.69, 9.17) is 32.7 Å². The molecular weight excluding hydrogens is 453 g/mol. The lowest BCUT2D eigenvalue weighted by atomic mass is 10.3. The van der Waals surface area contributed by atoms with Crippen molar-refractivity contribution < 1.29 is 22.7 Å². The second kappa shape index (κ2) is 8.07. The lowest BCUT2D eigenvalue weighted by molar-refractivity contribution is 0.0604. The number of halogens is 2. The summed E-state index contributed by atoms with van der Waals surface area (Å²) in [5.74, 6) is 0.310. The molecule has 0 atom stereocenters. The normalized spacial score (nSPS) is 11.2. The summed E-state index contributed by atoms with van der Waals surface area (Å²) in [6.07, 6.45) is 0. The molecule has 0 radical (unpaired) electrons. The molecule has 0 spiro atoms. The number of esters is 1. The third kappa shape index (κ3) is 4.56. The van der Waals surface area contributed by atoms with Gasteiger partial charge in [-0.3, -0.25) is 4.72 Å². The molecule has 0 aliphatic carbocycles. The summed E-state index contributed by atoms with van der Waals surface area (Å²) in [6, 6.07) is 9.16. The Labute approximate surface area is 173 Å². The Morgan fingerprint density at radius 1 is 1.15 bits per heavy atom. The SMILES string of the molecule is COC(=O)c1sccc1Oc1ccc(NS(=O)(=O)c2cc(Cl)c(Cl)s2)cc1. The zero-order valence-electron chi connectivity index (χ0n) is 13.6. The van der Waals surface area contributed by atoms with Gasteiger partial charge in [0.05, 0.1) is 12.1 Å². The number of carbonyl (C=O) groups excluding carboxylic acids is 1. The van der Waals surface area contributed by atoms with Crippen molar-refractivity contribution in [3.63, 3.8) is 0 Å². The van der Waals surface area contributed by atoms with Crippen molar-refractivity contribution in [3.8, 4) is 11.5 Å². The van der Waals surface area contributed by atoms with Crippen LogP contribution in [-0.2, 0) is 14.8 Å². The summed E-state index contributed by atoms with van der Waals surface area (Å²) in [5, 5.41) is 1.89. The van der Waals surface area contributed by atoms with E-state index in [1.807, 2.05) is 0 Å². The van der Waals surface area contributed by atoms with Gasteiger partial charge in [0, 0.05) is 5.69 Å². The van der Waals surface area contributed by atoms with Gasteiger partial charge in [-0.2, -0.15) is 0 Å². The monoisotopic (exact) mass is 463 g/mol. The quantitative estimate of drug-likeness (QED) is 0.488. The van der Waals surface area contributed by atoms with Gasteiger partial charge in [-0.1, -0.05) is 23.2 Å². The van der Waals surface area contributed by atoms with Crippen LogP contribution in [0.1, 0.15) is 9.67 Å². The smallest absolute Gasteiger partial charge is 0.351 e. The number of hydrogen-bond donors (Lipinski definition) is 1. The molecule has 2 aromatic heterocycles. The van der Waals surface area contributed by atoms with Crippen LogP contribution in [-0.4, -0.2) is 21.5 Å². The number of ether oxygens (including phenoxy) is 2. The summed E-state index contributed by atoms with van der Waals surface area (Å²) in [6.45, 7) is 0. The first-order valence-electron chi connectivity index (χ1n) is 7.21. The van der Waals surface area contributed by atoms with Crippen LogP contribution >= 0.6 is 45.9 Å². The Morgan fingerprint density at radius 2 is 1.85 bits per heavy atom. The van der Waals surface area contributed by atoms with Gasteiger partial charge in [0.25, 0.3) is 10.0 Å². The van der Waals surface area contributed by atoms with Crippen LogP contribution in [0.5, 0.6) is 11.5 Å². The molecule has 3 aromatic rings. The fourth-order valence-corrected chi connectivity index (χ4v) is 5.67. The highest BCUT2D eigenvalue weighted by Crippen LogP contribution is 2.35. The maximum Gasteiger partial charge on any atom is 0.351 e. The van der Waals surface area contributed by atoms with Gasteiger partial charge in [0.1, 0.15) is 14.3 Å². The number of rotatable bonds is 6. The highest BCUT2D eigenvalue weighted by Gasteiger charge is 2.20. The third-order valence-corrected chi connectivity index (χ3v) is 7.82. The standard InChI is InChI=1S/C16H11Cl2NO5S3/c1-23-16(20)14-12(6-7-25-14)24-10-4-2-9(3-5-10)19-27(21,22)13-8-11(17)15(18)26-13/h2-8,19H,1H3.